The van der Waals surface area contributed by atoms with E-state index < -0.39 is 12.0 Å². The van der Waals surface area contributed by atoms with Crippen LogP contribution in [0.15, 0.2) is 35.5 Å². The second kappa shape index (κ2) is 10.7. The Morgan fingerprint density at radius 1 is 1.15 bits per heavy atom. The number of likely N-dealkylation sites (N-methyl/N-ethyl adjacent to an activating group) is 1. The molecule has 180 valence electrons. The largest absolute Gasteiger partial charge is 0.463 e. The van der Waals surface area contributed by atoms with Crippen molar-refractivity contribution < 1.29 is 19.1 Å². The van der Waals surface area contributed by atoms with Gasteiger partial charge in [0.25, 0.3) is 0 Å². The van der Waals surface area contributed by atoms with Crippen LogP contribution in [-0.2, 0) is 9.53 Å². The molecule has 9 heteroatoms. The molecule has 0 unspecified atom stereocenters. The summed E-state index contributed by atoms with van der Waals surface area (Å²) >= 11 is 0. The van der Waals surface area contributed by atoms with Crippen molar-refractivity contribution in [2.75, 3.05) is 46.4 Å². The Bertz CT molecular complexity index is 904. The van der Waals surface area contributed by atoms with Crippen LogP contribution >= 0.6 is 0 Å². The van der Waals surface area contributed by atoms with Crippen molar-refractivity contribution in [1.82, 2.24) is 25.3 Å². The predicted molar refractivity (Wildman–Crippen MR) is 126 cm³/mol. The van der Waals surface area contributed by atoms with Gasteiger partial charge in [0, 0.05) is 51.5 Å². The van der Waals surface area contributed by atoms with Crippen LogP contribution in [0.25, 0.3) is 0 Å². The Hall–Kier alpha value is -3.07. The number of amides is 4. The average molecular weight is 458 g/mol. The topological polar surface area (TPSA) is 94.2 Å². The summed E-state index contributed by atoms with van der Waals surface area (Å²) in [5.41, 5.74) is 3.00. The monoisotopic (exact) mass is 457 g/mol. The zero-order chi connectivity index (χ0) is 24.1. The van der Waals surface area contributed by atoms with Crippen molar-refractivity contribution >= 4 is 18.0 Å². The summed E-state index contributed by atoms with van der Waals surface area (Å²) in [5, 5.41) is 5.87. The van der Waals surface area contributed by atoms with Crippen LogP contribution in [0.5, 0.6) is 0 Å². The number of carbonyl (C=O) groups excluding carboxylic acids is 3. The number of esters is 1. The third kappa shape index (κ3) is 5.84. The van der Waals surface area contributed by atoms with Crippen LogP contribution in [0.2, 0.25) is 0 Å². The minimum absolute atomic E-state index is 0.0651. The summed E-state index contributed by atoms with van der Waals surface area (Å²) in [5.74, 6) is -0.431. The third-order valence-electron chi connectivity index (χ3n) is 5.93. The Balaban J connectivity index is 1.86. The molecule has 1 saturated heterocycles. The van der Waals surface area contributed by atoms with Gasteiger partial charge in [0.05, 0.1) is 18.2 Å². The molecule has 0 spiro atoms. The Labute approximate surface area is 195 Å². The van der Waals surface area contributed by atoms with Crippen LogP contribution in [0, 0.1) is 6.92 Å². The summed E-state index contributed by atoms with van der Waals surface area (Å²) in [7, 11) is 1.67. The van der Waals surface area contributed by atoms with Crippen molar-refractivity contribution in [2.45, 2.75) is 39.8 Å². The summed E-state index contributed by atoms with van der Waals surface area (Å²) in [6.45, 7) is 10.8. The molecule has 1 fully saturated rings. The van der Waals surface area contributed by atoms with Crippen molar-refractivity contribution in [3.63, 3.8) is 0 Å². The molecule has 2 aliphatic heterocycles. The molecule has 2 N–H and O–H groups in total. The second-order valence-corrected chi connectivity index (χ2v) is 8.80. The number of nitrogens with zero attached hydrogens (tertiary/aromatic N) is 3. The summed E-state index contributed by atoms with van der Waals surface area (Å²) in [6, 6.07) is 6.95. The molecule has 0 aliphatic carbocycles. The Morgan fingerprint density at radius 2 is 1.79 bits per heavy atom. The van der Waals surface area contributed by atoms with Crippen LogP contribution in [0.1, 0.15) is 37.9 Å². The Kier molecular flexibility index (Phi) is 7.97. The molecule has 0 bridgehead atoms. The highest BCUT2D eigenvalue weighted by molar-refractivity contribution is 5.95. The molecule has 1 aromatic rings. The molecule has 0 radical (unpaired) electrons. The zero-order valence-electron chi connectivity index (χ0n) is 20.2. The molecule has 9 nitrogen and oxygen atoms in total. The first-order valence-corrected chi connectivity index (χ1v) is 11.5. The zero-order valence-corrected chi connectivity index (χ0v) is 20.2. The maximum atomic E-state index is 13.1. The first kappa shape index (κ1) is 24.6. The van der Waals surface area contributed by atoms with Crippen LogP contribution < -0.4 is 10.6 Å². The number of urea groups is 2. The van der Waals surface area contributed by atoms with E-state index in [0.29, 0.717) is 44.0 Å². The lowest BCUT2D eigenvalue weighted by Crippen LogP contribution is -2.55. The number of hydrogen-bond acceptors (Lipinski definition) is 5. The maximum absolute atomic E-state index is 13.1. The van der Waals surface area contributed by atoms with Gasteiger partial charge < -0.3 is 20.3 Å². The highest BCUT2D eigenvalue weighted by Crippen LogP contribution is 2.31. The lowest BCUT2D eigenvalue weighted by Gasteiger charge is -2.39. The van der Waals surface area contributed by atoms with E-state index in [-0.39, 0.29) is 24.7 Å². The van der Waals surface area contributed by atoms with E-state index in [1.807, 2.05) is 45.0 Å². The number of nitrogens with one attached hydrogen (secondary N) is 2. The third-order valence-corrected chi connectivity index (χ3v) is 5.93. The molecular weight excluding hydrogens is 422 g/mol. The van der Waals surface area contributed by atoms with Gasteiger partial charge >= 0.3 is 18.0 Å². The van der Waals surface area contributed by atoms with Gasteiger partial charge in [-0.1, -0.05) is 29.8 Å². The van der Waals surface area contributed by atoms with E-state index in [2.05, 4.69) is 15.5 Å². The molecular formula is C24H35N5O4. The number of ether oxygens (including phenoxy) is 1. The minimum Gasteiger partial charge on any atom is -0.463 e. The maximum Gasteiger partial charge on any atom is 0.338 e. The number of hydrogen-bond donors (Lipinski definition) is 2. The van der Waals surface area contributed by atoms with Gasteiger partial charge in [0.1, 0.15) is 0 Å². The molecule has 33 heavy (non-hydrogen) atoms. The van der Waals surface area contributed by atoms with Gasteiger partial charge in [-0.05, 0) is 33.3 Å². The summed E-state index contributed by atoms with van der Waals surface area (Å²) in [6.07, 6.45) is 0. The first-order chi connectivity index (χ1) is 15.7. The number of carbonyl (C=O) groups is 3. The quantitative estimate of drug-likeness (QED) is 0.639. The van der Waals surface area contributed by atoms with Gasteiger partial charge in [-0.3, -0.25) is 9.80 Å². The number of aryl methyl sites for hydroxylation is 1. The van der Waals surface area contributed by atoms with Crippen molar-refractivity contribution in [1.29, 1.82) is 0 Å². The number of rotatable bonds is 6. The predicted octanol–water partition coefficient (Wildman–Crippen LogP) is 2.24. The van der Waals surface area contributed by atoms with E-state index in [1.165, 1.54) is 4.90 Å². The molecule has 2 aliphatic rings. The molecule has 1 atom stereocenters. The standard InChI is InChI=1S/C24H35N5O4/c1-6-33-22(30)20-19(15-28-11-13-29(14-12-28)24(32)25-16(2)3)27(5)23(31)26-21(20)18-9-7-17(4)8-10-18/h7-10,16,21H,6,11-15H2,1-5H3,(H,25,32)(H,26,31)/t21-/m1/s1. The van der Waals surface area contributed by atoms with Crippen molar-refractivity contribution in [2.24, 2.45) is 0 Å². The van der Waals surface area contributed by atoms with E-state index in [9.17, 15) is 14.4 Å². The van der Waals surface area contributed by atoms with E-state index in [1.54, 1.807) is 18.9 Å². The van der Waals surface area contributed by atoms with Crippen LogP contribution in [0.3, 0.4) is 0 Å². The Morgan fingerprint density at radius 3 is 2.36 bits per heavy atom. The summed E-state index contributed by atoms with van der Waals surface area (Å²) < 4.78 is 5.39. The SMILES string of the molecule is CCOC(=O)C1=C(CN2CCN(C(=O)NC(C)C)CC2)N(C)C(=O)N[C@@H]1c1ccc(C)cc1. The highest BCUT2D eigenvalue weighted by atomic mass is 16.5. The molecule has 2 heterocycles. The van der Waals surface area contributed by atoms with Gasteiger partial charge in [0.2, 0.25) is 0 Å². The number of piperazine rings is 1. The van der Waals surface area contributed by atoms with Crippen LogP contribution in [-0.4, -0.2) is 85.2 Å². The molecule has 0 saturated carbocycles. The lowest BCUT2D eigenvalue weighted by molar-refractivity contribution is -0.139. The average Bonchev–Trinajstić information content (AvgIpc) is 2.77. The van der Waals surface area contributed by atoms with E-state index in [0.717, 1.165) is 11.1 Å². The van der Waals surface area contributed by atoms with Gasteiger partial charge in [-0.2, -0.15) is 0 Å². The smallest absolute Gasteiger partial charge is 0.338 e. The van der Waals surface area contributed by atoms with Gasteiger partial charge in [0.15, 0.2) is 0 Å². The van der Waals surface area contributed by atoms with Gasteiger partial charge in [-0.25, -0.2) is 14.4 Å². The van der Waals surface area contributed by atoms with Crippen LogP contribution in [0.4, 0.5) is 9.59 Å². The normalized spacial score (nSPS) is 19.6. The van der Waals surface area contributed by atoms with E-state index >= 15 is 0 Å². The lowest BCUT2D eigenvalue weighted by atomic mass is 9.93. The van der Waals surface area contributed by atoms with Crippen molar-refractivity contribution in [3.8, 4) is 0 Å². The minimum atomic E-state index is -0.582. The first-order valence-electron chi connectivity index (χ1n) is 11.5. The molecule has 3 rings (SSSR count). The second-order valence-electron chi connectivity index (χ2n) is 8.80. The number of benzene rings is 1. The van der Waals surface area contributed by atoms with Gasteiger partial charge in [-0.15, -0.1) is 0 Å². The highest BCUT2D eigenvalue weighted by Gasteiger charge is 2.37. The summed E-state index contributed by atoms with van der Waals surface area (Å²) in [4.78, 5) is 43.6. The fourth-order valence-electron chi connectivity index (χ4n) is 4.07. The molecule has 0 aromatic heterocycles. The van der Waals surface area contributed by atoms with Crippen molar-refractivity contribution in [3.05, 3.63) is 46.7 Å². The van der Waals surface area contributed by atoms with E-state index in [4.69, 9.17) is 4.74 Å². The molecule has 4 amide bonds. The fourth-order valence-corrected chi connectivity index (χ4v) is 4.07. The molecule has 1 aromatic carbocycles. The fraction of sp³-hybridized carbons (Fsp3) is 0.542.